The average molecular weight is 803 g/mol. The Morgan fingerprint density at radius 3 is 1.64 bits per heavy atom. The number of carbonyl (C=O) groups excluding carboxylic acids is 2. The number of hydrogen-bond acceptors (Lipinski definition) is 11. The monoisotopic (exact) mass is 802 g/mol. The van der Waals surface area contributed by atoms with Crippen molar-refractivity contribution in [3.63, 3.8) is 0 Å². The minimum absolute atomic E-state index is 0.131. The van der Waals surface area contributed by atoms with Gasteiger partial charge in [-0.15, -0.1) is 0 Å². The van der Waals surface area contributed by atoms with Crippen LogP contribution in [0, 0.1) is 0 Å². The van der Waals surface area contributed by atoms with Gasteiger partial charge in [0.1, 0.15) is 12.7 Å². The summed E-state index contributed by atoms with van der Waals surface area (Å²) in [7, 11) is -4.70. The zero-order valence-corrected chi connectivity index (χ0v) is 34.7. The highest BCUT2D eigenvalue weighted by Gasteiger charge is 2.27. The molecule has 0 aliphatic rings. The van der Waals surface area contributed by atoms with Gasteiger partial charge < -0.3 is 34.8 Å². The fraction of sp³-hybridized carbons (Fsp3) is 0.762. The maximum absolute atomic E-state index is 12.6. The van der Waals surface area contributed by atoms with Crippen molar-refractivity contribution in [2.75, 3.05) is 26.4 Å². The SMILES string of the molecule is CC/C=C\C/C=C\C/C=C\C/C=C\C[C@@H](O)[C@H](O)CCCC(=O)O[C@H](COC(=O)CCCCCCCCCCCCCCC)COP(=O)(O)OC[C@@H](O)CO. The van der Waals surface area contributed by atoms with Gasteiger partial charge in [-0.25, -0.2) is 4.57 Å². The van der Waals surface area contributed by atoms with Gasteiger partial charge in [-0.3, -0.25) is 18.6 Å². The summed E-state index contributed by atoms with van der Waals surface area (Å²) in [5.74, 6) is -1.21. The topological polar surface area (TPSA) is 189 Å². The van der Waals surface area contributed by atoms with Crippen LogP contribution in [0.5, 0.6) is 0 Å². The van der Waals surface area contributed by atoms with Gasteiger partial charge in [0.2, 0.25) is 0 Å². The molecule has 0 heterocycles. The van der Waals surface area contributed by atoms with Crippen LogP contribution in [0.15, 0.2) is 48.6 Å². The third-order valence-electron chi connectivity index (χ3n) is 8.70. The molecule has 0 aliphatic carbocycles. The Morgan fingerprint density at radius 1 is 0.600 bits per heavy atom. The fourth-order valence-electron chi connectivity index (χ4n) is 5.37. The molecule has 0 spiro atoms. The summed E-state index contributed by atoms with van der Waals surface area (Å²) < 4.78 is 32.5. The summed E-state index contributed by atoms with van der Waals surface area (Å²) in [6, 6.07) is 0. The summed E-state index contributed by atoms with van der Waals surface area (Å²) in [4.78, 5) is 35.0. The Balaban J connectivity index is 4.59. The highest BCUT2D eigenvalue weighted by atomic mass is 31.2. The normalized spacial score (nSPS) is 15.5. The van der Waals surface area contributed by atoms with Gasteiger partial charge >= 0.3 is 19.8 Å². The number of allylic oxidation sites excluding steroid dienone is 7. The Labute approximate surface area is 331 Å². The van der Waals surface area contributed by atoms with E-state index in [0.717, 1.165) is 38.5 Å². The third-order valence-corrected chi connectivity index (χ3v) is 9.65. The predicted octanol–water partition coefficient (Wildman–Crippen LogP) is 8.50. The number of rotatable bonds is 38. The Bertz CT molecular complexity index is 1090. The summed E-state index contributed by atoms with van der Waals surface area (Å²) in [5.41, 5.74) is 0. The second kappa shape index (κ2) is 37.4. The standard InChI is InChI=1S/C42H75O12P/c1-3-5-7-9-11-13-15-17-19-21-23-25-27-31-41(47)51-35-38(36-53-55(49,50)52-34-37(44)33-43)54-42(48)32-28-30-40(46)39(45)29-26-24-22-20-18-16-14-12-10-8-6-4-2/h6,8,12,14,18,20,24,26,37-40,43-46H,3-5,7,9-11,13,15-17,19,21-23,25,27-36H2,1-2H3,(H,49,50)/b8-6-,14-12-,20-18-,26-24-/t37-,38+,39+,40+/m0/s1. The summed E-state index contributed by atoms with van der Waals surface area (Å²) in [6.07, 6.45) is 31.1. The lowest BCUT2D eigenvalue weighted by molar-refractivity contribution is -0.161. The highest BCUT2D eigenvalue weighted by Crippen LogP contribution is 2.43. The molecule has 0 rings (SSSR count). The quantitative estimate of drug-likeness (QED) is 0.0174. The molecular formula is C42H75O12P. The van der Waals surface area contributed by atoms with Gasteiger partial charge in [0.25, 0.3) is 0 Å². The molecule has 5 N–H and O–H groups in total. The van der Waals surface area contributed by atoms with E-state index in [1.165, 1.54) is 57.8 Å². The zero-order chi connectivity index (χ0) is 40.8. The van der Waals surface area contributed by atoms with E-state index >= 15 is 0 Å². The summed E-state index contributed by atoms with van der Waals surface area (Å²) in [5, 5.41) is 39.0. The van der Waals surface area contributed by atoms with Crippen molar-refractivity contribution in [1.29, 1.82) is 0 Å². The molecule has 0 saturated carbocycles. The number of ether oxygens (including phenoxy) is 2. The van der Waals surface area contributed by atoms with Gasteiger partial charge in [0.15, 0.2) is 6.10 Å². The first kappa shape index (κ1) is 52.9. The first-order valence-corrected chi connectivity index (χ1v) is 22.3. The van der Waals surface area contributed by atoms with E-state index in [1.54, 1.807) is 6.08 Å². The van der Waals surface area contributed by atoms with Gasteiger partial charge in [-0.1, -0.05) is 140 Å². The first-order chi connectivity index (χ1) is 26.5. The van der Waals surface area contributed by atoms with E-state index < -0.39 is 70.6 Å². The fourth-order valence-corrected chi connectivity index (χ4v) is 6.16. The van der Waals surface area contributed by atoms with Gasteiger partial charge in [0, 0.05) is 12.8 Å². The number of hydrogen-bond donors (Lipinski definition) is 5. The van der Waals surface area contributed by atoms with E-state index in [2.05, 4.69) is 48.8 Å². The molecule has 5 atom stereocenters. The van der Waals surface area contributed by atoms with Crippen LogP contribution in [0.4, 0.5) is 0 Å². The average Bonchev–Trinajstić information content (AvgIpc) is 3.17. The molecule has 0 aromatic rings. The van der Waals surface area contributed by atoms with E-state index in [4.69, 9.17) is 19.1 Å². The van der Waals surface area contributed by atoms with Crippen LogP contribution in [-0.2, 0) is 32.7 Å². The Morgan fingerprint density at radius 2 is 1.09 bits per heavy atom. The molecule has 55 heavy (non-hydrogen) atoms. The van der Waals surface area contributed by atoms with Crippen LogP contribution in [-0.4, -0.2) is 88.1 Å². The lowest BCUT2D eigenvalue weighted by Crippen LogP contribution is -2.30. The third kappa shape index (κ3) is 36.0. The molecule has 0 aromatic carbocycles. The number of unbranched alkanes of at least 4 members (excludes halogenated alkanes) is 12. The van der Waals surface area contributed by atoms with Crippen LogP contribution in [0.25, 0.3) is 0 Å². The van der Waals surface area contributed by atoms with E-state index in [9.17, 15) is 34.4 Å². The summed E-state index contributed by atoms with van der Waals surface area (Å²) in [6.45, 7) is 1.91. The second-order valence-corrected chi connectivity index (χ2v) is 15.4. The first-order valence-electron chi connectivity index (χ1n) is 20.8. The second-order valence-electron chi connectivity index (χ2n) is 13.9. The number of phosphoric acid groups is 1. The molecule has 0 saturated heterocycles. The zero-order valence-electron chi connectivity index (χ0n) is 33.9. The van der Waals surface area contributed by atoms with Crippen LogP contribution in [0.3, 0.4) is 0 Å². The maximum atomic E-state index is 12.6. The molecule has 1 unspecified atom stereocenters. The van der Waals surface area contributed by atoms with Crippen molar-refractivity contribution in [1.82, 2.24) is 0 Å². The molecular weight excluding hydrogens is 727 g/mol. The Kier molecular flexibility index (Phi) is 36.0. The van der Waals surface area contributed by atoms with E-state index in [0.29, 0.717) is 12.8 Å². The van der Waals surface area contributed by atoms with E-state index in [-0.39, 0.29) is 32.1 Å². The molecule has 320 valence electrons. The molecule has 0 amide bonds. The van der Waals surface area contributed by atoms with Gasteiger partial charge in [-0.05, 0) is 51.4 Å². The minimum Gasteiger partial charge on any atom is -0.462 e. The van der Waals surface area contributed by atoms with Gasteiger partial charge in [-0.2, -0.15) is 0 Å². The Hall–Kier alpha value is -2.15. The number of phosphoric ester groups is 1. The molecule has 0 aromatic heterocycles. The molecule has 0 radical (unpaired) electrons. The summed E-state index contributed by atoms with van der Waals surface area (Å²) >= 11 is 0. The number of aliphatic hydroxyl groups is 4. The smallest absolute Gasteiger partial charge is 0.462 e. The minimum atomic E-state index is -4.70. The molecule has 12 nitrogen and oxygen atoms in total. The largest absolute Gasteiger partial charge is 0.472 e. The van der Waals surface area contributed by atoms with Crippen molar-refractivity contribution < 1.29 is 58.0 Å². The van der Waals surface area contributed by atoms with Crippen molar-refractivity contribution in [2.24, 2.45) is 0 Å². The lowest BCUT2D eigenvalue weighted by atomic mass is 10.0. The van der Waals surface area contributed by atoms with Crippen LogP contribution in [0.1, 0.15) is 155 Å². The number of carbonyl (C=O) groups is 2. The van der Waals surface area contributed by atoms with Crippen molar-refractivity contribution in [2.45, 2.75) is 180 Å². The van der Waals surface area contributed by atoms with Crippen molar-refractivity contribution in [3.8, 4) is 0 Å². The van der Waals surface area contributed by atoms with E-state index in [1.807, 2.05) is 12.2 Å². The number of aliphatic hydroxyl groups excluding tert-OH is 4. The number of esters is 2. The molecule has 0 bridgehead atoms. The van der Waals surface area contributed by atoms with Crippen LogP contribution < -0.4 is 0 Å². The molecule has 13 heteroatoms. The van der Waals surface area contributed by atoms with Crippen molar-refractivity contribution in [3.05, 3.63) is 48.6 Å². The molecule has 0 fully saturated rings. The van der Waals surface area contributed by atoms with Gasteiger partial charge in [0.05, 0.1) is 32.0 Å². The van der Waals surface area contributed by atoms with Crippen LogP contribution in [0.2, 0.25) is 0 Å². The predicted molar refractivity (Wildman–Crippen MR) is 217 cm³/mol. The van der Waals surface area contributed by atoms with Crippen molar-refractivity contribution >= 4 is 19.8 Å². The maximum Gasteiger partial charge on any atom is 0.472 e. The lowest BCUT2D eigenvalue weighted by Gasteiger charge is -2.20. The molecule has 0 aliphatic heterocycles. The van der Waals surface area contributed by atoms with Crippen LogP contribution >= 0.6 is 7.82 Å². The highest BCUT2D eigenvalue weighted by molar-refractivity contribution is 7.47.